The van der Waals surface area contributed by atoms with Gasteiger partial charge in [-0.05, 0) is 68.1 Å². The van der Waals surface area contributed by atoms with E-state index < -0.39 is 12.6 Å². The number of hydrogen-bond acceptors (Lipinski definition) is 10. The van der Waals surface area contributed by atoms with Gasteiger partial charge >= 0.3 is 6.36 Å². The summed E-state index contributed by atoms with van der Waals surface area (Å²) in [5.74, 6) is -0.207. The molecule has 0 aliphatic heterocycles. The first kappa shape index (κ1) is 29.8. The number of anilines is 2. The number of aryl methyl sites for hydroxylation is 3. The molecule has 1 amide bonds. The molecule has 0 aliphatic carbocycles. The topological polar surface area (TPSA) is 135 Å². The fraction of sp³-hybridized carbons (Fsp3) is 0.333. The third-order valence-electron chi connectivity index (χ3n) is 5.67. The van der Waals surface area contributed by atoms with E-state index in [1.54, 1.807) is 24.3 Å². The number of carbonyl (C=O) groups is 1. The van der Waals surface area contributed by atoms with Crippen LogP contribution in [0.2, 0.25) is 0 Å². The molecule has 0 spiro atoms. The number of benzene rings is 1. The standard InChI is InChI=1S/C27H28F3N7O3S/c1-17-6-4-9-20(31-17)16-24(39)33-26-37-36-25(41-26)11-3-2-8-19-12-13-22(35-34-19)32-23(38)15-18-7-5-10-21(14-18)40-27(28,29)30/h4-7,9-10,12-14,23,38H,2-3,8,11,15-16H2,1H3,(H,32,35)(H,33,37,39). The molecule has 1 unspecified atom stereocenters. The number of ether oxygens (including phenoxy) is 1. The van der Waals surface area contributed by atoms with Crippen molar-refractivity contribution in [2.75, 3.05) is 10.6 Å². The molecule has 0 saturated carbocycles. The van der Waals surface area contributed by atoms with Gasteiger partial charge in [-0.15, -0.1) is 28.5 Å². The normalized spacial score (nSPS) is 12.1. The van der Waals surface area contributed by atoms with Crippen molar-refractivity contribution >= 4 is 28.2 Å². The molecule has 14 heteroatoms. The van der Waals surface area contributed by atoms with Gasteiger partial charge in [0.05, 0.1) is 12.1 Å². The molecule has 3 aromatic heterocycles. The zero-order chi connectivity index (χ0) is 29.2. The third kappa shape index (κ3) is 10.4. The number of nitrogens with one attached hydrogen (secondary N) is 2. The van der Waals surface area contributed by atoms with Crippen LogP contribution in [0.15, 0.2) is 54.6 Å². The van der Waals surface area contributed by atoms with Gasteiger partial charge < -0.3 is 20.5 Å². The first-order valence-corrected chi connectivity index (χ1v) is 13.6. The van der Waals surface area contributed by atoms with Crippen LogP contribution >= 0.6 is 11.3 Å². The number of rotatable bonds is 13. The van der Waals surface area contributed by atoms with Crippen molar-refractivity contribution in [2.45, 2.75) is 58.0 Å². The van der Waals surface area contributed by atoms with Crippen molar-refractivity contribution in [3.63, 3.8) is 0 Å². The highest BCUT2D eigenvalue weighted by molar-refractivity contribution is 7.15. The quantitative estimate of drug-likeness (QED) is 0.151. The summed E-state index contributed by atoms with van der Waals surface area (Å²) in [5.41, 5.74) is 2.78. The Kier molecular flexibility index (Phi) is 10.1. The number of carbonyl (C=O) groups excluding carboxylic acids is 1. The number of aliphatic hydroxyl groups is 1. The van der Waals surface area contributed by atoms with Gasteiger partial charge in [-0.25, -0.2) is 0 Å². The molecule has 4 aromatic rings. The molecule has 3 heterocycles. The molecular weight excluding hydrogens is 559 g/mol. The van der Waals surface area contributed by atoms with Crippen molar-refractivity contribution in [1.82, 2.24) is 25.4 Å². The van der Waals surface area contributed by atoms with E-state index in [1.807, 2.05) is 19.1 Å². The minimum Gasteiger partial charge on any atom is -0.406 e. The molecule has 0 radical (unpaired) electrons. The van der Waals surface area contributed by atoms with Gasteiger partial charge in [0.1, 0.15) is 17.0 Å². The Labute approximate surface area is 238 Å². The van der Waals surface area contributed by atoms with Gasteiger partial charge in [0.2, 0.25) is 11.0 Å². The van der Waals surface area contributed by atoms with Crippen LogP contribution in [0.1, 0.15) is 40.5 Å². The lowest BCUT2D eigenvalue weighted by atomic mass is 10.1. The summed E-state index contributed by atoms with van der Waals surface area (Å²) in [6, 6.07) is 14.4. The number of aromatic nitrogens is 5. The second-order valence-corrected chi connectivity index (χ2v) is 10.2. The van der Waals surface area contributed by atoms with Crippen molar-refractivity contribution < 1.29 is 27.8 Å². The molecule has 41 heavy (non-hydrogen) atoms. The van der Waals surface area contributed by atoms with E-state index in [-0.39, 0.29) is 24.5 Å². The summed E-state index contributed by atoms with van der Waals surface area (Å²) in [5, 5.41) is 33.5. The van der Waals surface area contributed by atoms with Gasteiger partial charge in [0, 0.05) is 24.2 Å². The van der Waals surface area contributed by atoms with E-state index in [0.717, 1.165) is 29.2 Å². The molecular formula is C27H28F3N7O3S. The Morgan fingerprint density at radius 3 is 2.56 bits per heavy atom. The Morgan fingerprint density at radius 2 is 1.80 bits per heavy atom. The monoisotopic (exact) mass is 587 g/mol. The number of unbranched alkanes of at least 4 members (excludes halogenated alkanes) is 1. The first-order chi connectivity index (χ1) is 19.6. The minimum absolute atomic E-state index is 0.0411. The fourth-order valence-corrected chi connectivity index (χ4v) is 4.70. The summed E-state index contributed by atoms with van der Waals surface area (Å²) in [6.07, 6.45) is -2.59. The lowest BCUT2D eigenvalue weighted by Gasteiger charge is -2.14. The maximum absolute atomic E-state index is 12.4. The molecule has 0 fully saturated rings. The summed E-state index contributed by atoms with van der Waals surface area (Å²) in [4.78, 5) is 16.6. The summed E-state index contributed by atoms with van der Waals surface area (Å²) in [6.45, 7) is 1.87. The van der Waals surface area contributed by atoms with E-state index >= 15 is 0 Å². The van der Waals surface area contributed by atoms with Crippen molar-refractivity contribution in [2.24, 2.45) is 0 Å². The number of amides is 1. The van der Waals surface area contributed by atoms with Crippen LogP contribution in [-0.2, 0) is 30.5 Å². The summed E-state index contributed by atoms with van der Waals surface area (Å²) >= 11 is 1.34. The average molecular weight is 588 g/mol. The minimum atomic E-state index is -4.78. The Morgan fingerprint density at radius 1 is 1.00 bits per heavy atom. The zero-order valence-corrected chi connectivity index (χ0v) is 22.9. The molecule has 0 saturated heterocycles. The molecule has 4 rings (SSSR count). The van der Waals surface area contributed by atoms with Gasteiger partial charge in [-0.1, -0.05) is 29.5 Å². The summed E-state index contributed by atoms with van der Waals surface area (Å²) in [7, 11) is 0. The first-order valence-electron chi connectivity index (χ1n) is 12.8. The Bertz CT molecular complexity index is 1430. The second-order valence-electron chi connectivity index (χ2n) is 9.17. The third-order valence-corrected chi connectivity index (χ3v) is 6.57. The second kappa shape index (κ2) is 13.9. The van der Waals surface area contributed by atoms with E-state index in [0.29, 0.717) is 35.0 Å². The number of alkyl halides is 3. The molecule has 1 aromatic carbocycles. The summed E-state index contributed by atoms with van der Waals surface area (Å²) < 4.78 is 41.2. The van der Waals surface area contributed by atoms with Crippen molar-refractivity contribution in [3.8, 4) is 5.75 Å². The van der Waals surface area contributed by atoms with Gasteiger partial charge in [-0.3, -0.25) is 9.78 Å². The number of hydrogen-bond donors (Lipinski definition) is 3. The van der Waals surface area contributed by atoms with Crippen LogP contribution in [-0.4, -0.2) is 49.0 Å². The van der Waals surface area contributed by atoms with Crippen LogP contribution in [0.4, 0.5) is 24.1 Å². The molecule has 3 N–H and O–H groups in total. The van der Waals surface area contributed by atoms with E-state index in [1.165, 1.54) is 29.5 Å². The SMILES string of the molecule is Cc1cccc(CC(=O)Nc2nnc(CCCCc3ccc(NC(O)Cc4cccc(OC(F)(F)F)c4)nn3)s2)n1. The Balaban J connectivity index is 1.15. The number of aliphatic hydroxyl groups excluding tert-OH is 1. The van der Waals surface area contributed by atoms with Crippen LogP contribution in [0.25, 0.3) is 0 Å². The van der Waals surface area contributed by atoms with E-state index in [4.69, 9.17) is 0 Å². The van der Waals surface area contributed by atoms with Crippen molar-refractivity contribution in [3.05, 3.63) is 82.3 Å². The predicted octanol–water partition coefficient (Wildman–Crippen LogP) is 4.65. The maximum Gasteiger partial charge on any atom is 0.573 e. The maximum atomic E-state index is 12.4. The Hall–Kier alpha value is -4.17. The van der Waals surface area contributed by atoms with Gasteiger partial charge in [0.15, 0.2) is 5.82 Å². The largest absolute Gasteiger partial charge is 0.573 e. The van der Waals surface area contributed by atoms with Crippen LogP contribution in [0.3, 0.4) is 0 Å². The lowest BCUT2D eigenvalue weighted by Crippen LogP contribution is -2.22. The highest BCUT2D eigenvalue weighted by Crippen LogP contribution is 2.24. The van der Waals surface area contributed by atoms with Crippen LogP contribution in [0.5, 0.6) is 5.75 Å². The average Bonchev–Trinajstić information content (AvgIpc) is 3.33. The molecule has 0 bridgehead atoms. The highest BCUT2D eigenvalue weighted by Gasteiger charge is 2.31. The molecule has 0 aliphatic rings. The van der Waals surface area contributed by atoms with E-state index in [2.05, 4.69) is 40.7 Å². The number of pyridine rings is 1. The van der Waals surface area contributed by atoms with Crippen LogP contribution in [0, 0.1) is 6.92 Å². The van der Waals surface area contributed by atoms with Gasteiger partial charge in [-0.2, -0.15) is 5.10 Å². The van der Waals surface area contributed by atoms with Crippen LogP contribution < -0.4 is 15.4 Å². The van der Waals surface area contributed by atoms with Crippen molar-refractivity contribution in [1.29, 1.82) is 0 Å². The molecule has 1 atom stereocenters. The smallest absolute Gasteiger partial charge is 0.406 e. The predicted molar refractivity (Wildman–Crippen MR) is 146 cm³/mol. The number of halogens is 3. The highest BCUT2D eigenvalue weighted by atomic mass is 32.1. The molecule has 216 valence electrons. The zero-order valence-electron chi connectivity index (χ0n) is 22.1. The number of nitrogens with zero attached hydrogens (tertiary/aromatic N) is 5. The van der Waals surface area contributed by atoms with Gasteiger partial charge in [0.25, 0.3) is 0 Å². The molecule has 10 nitrogen and oxygen atoms in total. The fourth-order valence-electron chi connectivity index (χ4n) is 3.90. The lowest BCUT2D eigenvalue weighted by molar-refractivity contribution is -0.274. The van der Waals surface area contributed by atoms with E-state index in [9.17, 15) is 23.1 Å².